The Hall–Kier alpha value is -8.88. The molecule has 80 heavy (non-hydrogen) atoms. The van der Waals surface area contributed by atoms with E-state index >= 15 is 0 Å². The smallest absolute Gasteiger partial charge is 0.119 e. The van der Waals surface area contributed by atoms with E-state index in [1.165, 1.54) is 0 Å². The maximum atomic E-state index is 6.28. The van der Waals surface area contributed by atoms with Gasteiger partial charge in [0.1, 0.15) is 23.0 Å². The molecule has 0 atom stereocenters. The molecule has 8 bridgehead atoms. The van der Waals surface area contributed by atoms with Gasteiger partial charge in [0, 0.05) is 77.4 Å². The van der Waals surface area contributed by atoms with Crippen molar-refractivity contribution in [3.05, 3.63) is 218 Å². The molecule has 4 aromatic heterocycles. The molecule has 14 aromatic rings. The number of ether oxygens (including phenoxy) is 4. The highest BCUT2D eigenvalue weighted by Gasteiger charge is 2.17. The number of hydrogen-bond acceptors (Lipinski definition) is 4. The second-order valence-corrected chi connectivity index (χ2v) is 20.5. The molecule has 0 aliphatic heterocycles. The summed E-state index contributed by atoms with van der Waals surface area (Å²) in [7, 11) is 0. The Labute approximate surface area is 470 Å². The minimum atomic E-state index is 0.675. The van der Waals surface area contributed by atoms with Crippen molar-refractivity contribution in [2.75, 3.05) is 26.4 Å². The summed E-state index contributed by atoms with van der Waals surface area (Å²) in [5.74, 6) is 3.42. The molecule has 0 saturated heterocycles. The molecule has 0 N–H and O–H groups in total. The van der Waals surface area contributed by atoms with Crippen molar-refractivity contribution in [2.24, 2.45) is 0 Å². The fourth-order valence-corrected chi connectivity index (χ4v) is 10.7. The van der Waals surface area contributed by atoms with Gasteiger partial charge in [-0.05, 0) is 183 Å². The highest BCUT2D eigenvalue weighted by atomic mass is 16.5. The van der Waals surface area contributed by atoms with E-state index in [-0.39, 0.29) is 0 Å². The maximum absolute atomic E-state index is 6.28. The molecule has 0 fully saturated rings. The predicted octanol–water partition coefficient (Wildman–Crippen LogP) is 19.3. The third kappa shape index (κ3) is 11.5. The van der Waals surface area contributed by atoms with Crippen LogP contribution in [0.25, 0.3) is 88.4 Å². The quantitative estimate of drug-likeness (QED) is 0.0564. The van der Waals surface area contributed by atoms with Gasteiger partial charge in [-0.2, -0.15) is 0 Å². The molecule has 14 rings (SSSR count). The van der Waals surface area contributed by atoms with Crippen LogP contribution in [0.1, 0.15) is 79.1 Å². The summed E-state index contributed by atoms with van der Waals surface area (Å²) >= 11 is 0. The molecule has 0 radical (unpaired) electrons. The minimum Gasteiger partial charge on any atom is -0.494 e. The molecule has 0 amide bonds. The van der Waals surface area contributed by atoms with E-state index in [4.69, 9.17) is 18.9 Å². The van der Waals surface area contributed by atoms with Crippen LogP contribution in [0.4, 0.5) is 0 Å². The van der Waals surface area contributed by atoms with Gasteiger partial charge in [-0.25, -0.2) is 0 Å². The Bertz CT molecular complexity index is 3710. The van der Waals surface area contributed by atoms with Crippen molar-refractivity contribution in [3.8, 4) is 45.7 Å². The SMILES string of the molecule is CCCCOc1ccc(-n2c3ccc(cc3)n(-c3ccc(OCCCC)cc3)c3cccc(c3)n(-c3ccc(OCCCC)cc3)c3c4ccccc4c(c4ccccc43)n(-c3ccc(OCCCC)cc3)c3cccc2c3)cc1. The van der Waals surface area contributed by atoms with Gasteiger partial charge in [0.15, 0.2) is 0 Å². The van der Waals surface area contributed by atoms with Gasteiger partial charge >= 0.3 is 0 Å². The van der Waals surface area contributed by atoms with E-state index < -0.39 is 0 Å². The molecular formula is C72H72N4O4. The number of hydrogen-bond donors (Lipinski definition) is 0. The summed E-state index contributed by atoms with van der Waals surface area (Å²) in [5, 5.41) is 4.41. The van der Waals surface area contributed by atoms with Crippen LogP contribution in [-0.4, -0.2) is 44.7 Å². The van der Waals surface area contributed by atoms with Crippen LogP contribution in [0.2, 0.25) is 0 Å². The van der Waals surface area contributed by atoms with Gasteiger partial charge in [0.25, 0.3) is 0 Å². The summed E-state index contributed by atoms with van der Waals surface area (Å²) < 4.78 is 34.6. The Kier molecular flexibility index (Phi) is 16.8. The maximum Gasteiger partial charge on any atom is 0.119 e. The molecule has 0 spiro atoms. The first-order chi connectivity index (χ1) is 39.5. The third-order valence-electron chi connectivity index (χ3n) is 14.8. The zero-order valence-electron chi connectivity index (χ0n) is 46.7. The van der Waals surface area contributed by atoms with Gasteiger partial charge in [0.2, 0.25) is 0 Å². The standard InChI is InChI=1S/C72H72N4O4/c1-5-9-47-77-63-39-31-55(32-40-63)73-53-27-29-54(30-28-53)74(56-33-41-64(42-34-56)78-48-10-6-2)60-20-18-22-62(52-60)76(58-37-45-66(46-38-58)80-50-12-8-4)72-69-25-15-13-23-67(69)71(68-24-14-16-26-70(68)72)75(61-21-17-19-59(73)51-61)57-35-43-65(44-36-57)79-49-11-7-3/h13-46,51-52H,5-12,47-50H2,1-4H3. The second-order valence-electron chi connectivity index (χ2n) is 20.5. The van der Waals surface area contributed by atoms with Crippen molar-refractivity contribution in [1.82, 2.24) is 18.3 Å². The van der Waals surface area contributed by atoms with Crippen LogP contribution < -0.4 is 18.9 Å². The zero-order valence-corrected chi connectivity index (χ0v) is 46.7. The Morgan fingerprint density at radius 3 is 0.762 bits per heavy atom. The van der Waals surface area contributed by atoms with Crippen LogP contribution in [-0.2, 0) is 0 Å². The van der Waals surface area contributed by atoms with Gasteiger partial charge in [0.05, 0.1) is 37.5 Å². The summed E-state index contributed by atoms with van der Waals surface area (Å²) in [6, 6.07) is 78.9. The van der Waals surface area contributed by atoms with Crippen molar-refractivity contribution < 1.29 is 18.9 Å². The first-order valence-corrected chi connectivity index (χ1v) is 28.9. The normalized spacial score (nSPS) is 11.3. The molecule has 4 heterocycles. The van der Waals surface area contributed by atoms with Crippen molar-refractivity contribution >= 4 is 65.7 Å². The second kappa shape index (κ2) is 25.3. The van der Waals surface area contributed by atoms with Crippen LogP contribution in [0.3, 0.4) is 0 Å². The lowest BCUT2D eigenvalue weighted by Gasteiger charge is -2.21. The molecule has 0 aliphatic rings. The molecule has 8 nitrogen and oxygen atoms in total. The molecule has 10 aromatic carbocycles. The van der Waals surface area contributed by atoms with Gasteiger partial charge in [-0.15, -0.1) is 0 Å². The largest absolute Gasteiger partial charge is 0.494 e. The average Bonchev–Trinajstić information content (AvgIpc) is 3.51. The zero-order chi connectivity index (χ0) is 54.6. The lowest BCUT2D eigenvalue weighted by molar-refractivity contribution is 0.309. The molecule has 0 saturated carbocycles. The highest BCUT2D eigenvalue weighted by Crippen LogP contribution is 2.39. The highest BCUT2D eigenvalue weighted by molar-refractivity contribution is 6.24. The van der Waals surface area contributed by atoms with Crippen LogP contribution in [0.15, 0.2) is 218 Å². The Balaban J connectivity index is 1.32. The van der Waals surface area contributed by atoms with E-state index in [0.717, 1.165) is 163 Å². The third-order valence-corrected chi connectivity index (χ3v) is 14.8. The summed E-state index contributed by atoms with van der Waals surface area (Å²) in [5.41, 5.74) is 12.2. The van der Waals surface area contributed by atoms with E-state index in [1.807, 2.05) is 0 Å². The molecule has 404 valence electrons. The molecular weight excluding hydrogens is 985 g/mol. The summed E-state index contributed by atoms with van der Waals surface area (Å²) in [4.78, 5) is 0. The van der Waals surface area contributed by atoms with Gasteiger partial charge in [-0.3, -0.25) is 0 Å². The van der Waals surface area contributed by atoms with E-state index in [1.54, 1.807) is 0 Å². The fraction of sp³-hybridized carbons (Fsp3) is 0.222. The summed E-state index contributed by atoms with van der Waals surface area (Å²) in [6.07, 6.45) is 8.30. The Morgan fingerprint density at radius 1 is 0.250 bits per heavy atom. The van der Waals surface area contributed by atoms with Crippen LogP contribution in [0.5, 0.6) is 23.0 Å². The Morgan fingerprint density at radius 2 is 0.500 bits per heavy atom. The fourth-order valence-electron chi connectivity index (χ4n) is 10.7. The topological polar surface area (TPSA) is 56.6 Å². The van der Waals surface area contributed by atoms with Gasteiger partial charge < -0.3 is 37.2 Å². The number of aromatic nitrogens is 4. The monoisotopic (exact) mass is 1060 g/mol. The number of benzene rings is 10. The van der Waals surface area contributed by atoms with Gasteiger partial charge in [-0.1, -0.05) is 114 Å². The van der Waals surface area contributed by atoms with E-state index in [0.29, 0.717) is 26.4 Å². The average molecular weight is 1060 g/mol. The number of nitrogens with zero attached hydrogens (tertiary/aromatic N) is 4. The van der Waals surface area contributed by atoms with Crippen molar-refractivity contribution in [1.29, 1.82) is 0 Å². The number of rotatable bonds is 20. The molecule has 0 unspecified atom stereocenters. The number of unbranched alkanes of at least 4 members (excludes halogenated alkanes) is 4. The van der Waals surface area contributed by atoms with Crippen molar-refractivity contribution in [2.45, 2.75) is 79.1 Å². The van der Waals surface area contributed by atoms with Crippen molar-refractivity contribution in [3.63, 3.8) is 0 Å². The lowest BCUT2D eigenvalue weighted by atomic mass is 9.99. The first kappa shape index (κ1) is 53.1. The molecule has 0 aliphatic carbocycles. The van der Waals surface area contributed by atoms with E-state index in [2.05, 4.69) is 264 Å². The van der Waals surface area contributed by atoms with Crippen LogP contribution >= 0.6 is 0 Å². The predicted molar refractivity (Wildman–Crippen MR) is 334 cm³/mol. The lowest BCUT2D eigenvalue weighted by Crippen LogP contribution is -2.04. The van der Waals surface area contributed by atoms with E-state index in [9.17, 15) is 0 Å². The molecule has 8 heteroatoms. The first-order valence-electron chi connectivity index (χ1n) is 28.9. The van der Waals surface area contributed by atoms with Crippen LogP contribution in [0, 0.1) is 0 Å². The summed E-state index contributed by atoms with van der Waals surface area (Å²) in [6.45, 7) is 11.5. The minimum absolute atomic E-state index is 0.675.